The molecule has 0 bridgehead atoms. The van der Waals surface area contributed by atoms with Gasteiger partial charge in [-0.3, -0.25) is 19.7 Å². The summed E-state index contributed by atoms with van der Waals surface area (Å²) in [4.78, 5) is 40.9. The highest BCUT2D eigenvalue weighted by Crippen LogP contribution is 2.22. The number of amides is 1. The number of nitro groups is 1. The van der Waals surface area contributed by atoms with Gasteiger partial charge in [-0.05, 0) is 23.8 Å². The highest BCUT2D eigenvalue weighted by molar-refractivity contribution is 6.03. The monoisotopic (exact) mass is 438 g/mol. The maximum atomic E-state index is 12.7. The highest BCUT2D eigenvalue weighted by Gasteiger charge is 2.23. The average molecular weight is 438 g/mol. The van der Waals surface area contributed by atoms with E-state index >= 15 is 0 Å². The Kier molecular flexibility index (Phi) is 6.21. The van der Waals surface area contributed by atoms with E-state index in [1.54, 1.807) is 12.1 Å². The normalized spacial score (nSPS) is 12.2. The number of hydrogen-bond donors (Lipinski definition) is 5. The molecule has 32 heavy (non-hydrogen) atoms. The van der Waals surface area contributed by atoms with Crippen molar-refractivity contribution in [3.63, 3.8) is 0 Å². The third-order valence-corrected chi connectivity index (χ3v) is 4.21. The highest BCUT2D eigenvalue weighted by atomic mass is 16.6. The number of aliphatic hydroxyl groups excluding tert-OH is 1. The number of nitro benzene ring substituents is 1. The van der Waals surface area contributed by atoms with E-state index in [2.05, 4.69) is 25.5 Å². The van der Waals surface area contributed by atoms with Crippen LogP contribution in [0.4, 0.5) is 11.4 Å². The van der Waals surface area contributed by atoms with Crippen LogP contribution in [0.3, 0.4) is 0 Å². The Morgan fingerprint density at radius 2 is 1.91 bits per heavy atom. The molecule has 0 aliphatic carbocycles. The fraction of sp³-hybridized carbons (Fsp3) is 0.105. The van der Waals surface area contributed by atoms with Crippen LogP contribution in [0.15, 0.2) is 57.5 Å². The van der Waals surface area contributed by atoms with Crippen molar-refractivity contribution in [2.45, 2.75) is 13.0 Å². The second-order valence-electron chi connectivity index (χ2n) is 6.59. The Morgan fingerprint density at radius 3 is 2.50 bits per heavy atom. The number of nitrogens with one attached hydrogen (secondary N) is 2. The summed E-state index contributed by atoms with van der Waals surface area (Å²) in [5.41, 5.74) is 10.3. The van der Waals surface area contributed by atoms with Gasteiger partial charge in [-0.2, -0.15) is 0 Å². The Hall–Kier alpha value is -4.65. The lowest BCUT2D eigenvalue weighted by Crippen LogP contribution is -2.27. The topological polar surface area (TPSA) is 215 Å². The number of carbonyl (C=O) groups is 1. The molecule has 0 spiro atoms. The van der Waals surface area contributed by atoms with Crippen molar-refractivity contribution >= 4 is 40.0 Å². The molecule has 0 aliphatic rings. The number of anilines is 1. The molecule has 1 heterocycles. The van der Waals surface area contributed by atoms with Gasteiger partial charge in [-0.1, -0.05) is 12.1 Å². The molecule has 0 saturated heterocycles. The zero-order valence-corrected chi connectivity index (χ0v) is 16.6. The van der Waals surface area contributed by atoms with E-state index in [0.29, 0.717) is 11.3 Å². The molecule has 0 unspecified atom stereocenters. The van der Waals surface area contributed by atoms with Crippen molar-refractivity contribution in [2.24, 2.45) is 21.7 Å². The van der Waals surface area contributed by atoms with Crippen LogP contribution in [-0.2, 0) is 4.79 Å². The lowest BCUT2D eigenvalue weighted by molar-refractivity contribution is -0.384. The van der Waals surface area contributed by atoms with Crippen LogP contribution in [0.5, 0.6) is 0 Å². The van der Waals surface area contributed by atoms with E-state index in [0.717, 1.165) is 6.07 Å². The van der Waals surface area contributed by atoms with Crippen molar-refractivity contribution < 1.29 is 14.8 Å². The predicted octanol–water partition coefficient (Wildman–Crippen LogP) is 0.501. The summed E-state index contributed by atoms with van der Waals surface area (Å²) in [6.07, 6.45) is -1.46. The molecule has 0 fully saturated rings. The standard InChI is InChI=1S/C19H18N8O5/c1-9(28)22-11-4-2-10(3-5-11)17(29)15(25-26-19(20)21)16-18(30)24-14-8-12(27(31)32)6-7-13(14)23-16/h2-8,17,29H,1H3,(H,22,28)(H,24,30)(H4,20,21,26)/b25-15+/t17-/m0/s1. The van der Waals surface area contributed by atoms with E-state index in [9.17, 15) is 24.8 Å². The summed E-state index contributed by atoms with van der Waals surface area (Å²) in [7, 11) is 0. The summed E-state index contributed by atoms with van der Waals surface area (Å²) < 4.78 is 0. The van der Waals surface area contributed by atoms with Crippen LogP contribution in [0, 0.1) is 10.1 Å². The third kappa shape index (κ3) is 4.91. The summed E-state index contributed by atoms with van der Waals surface area (Å²) in [6, 6.07) is 9.86. The minimum absolute atomic E-state index is 0.128. The molecule has 1 amide bonds. The number of non-ortho nitro benzene ring substituents is 1. The number of H-pyrrole nitrogens is 1. The fourth-order valence-corrected chi connectivity index (χ4v) is 2.81. The van der Waals surface area contributed by atoms with Crippen molar-refractivity contribution in [1.29, 1.82) is 0 Å². The summed E-state index contributed by atoms with van der Waals surface area (Å²) in [6.45, 7) is 1.36. The van der Waals surface area contributed by atoms with Gasteiger partial charge >= 0.3 is 0 Å². The van der Waals surface area contributed by atoms with Gasteiger partial charge in [0.15, 0.2) is 5.69 Å². The zero-order chi connectivity index (χ0) is 23.4. The van der Waals surface area contributed by atoms with Crippen molar-refractivity contribution in [1.82, 2.24) is 9.97 Å². The second-order valence-corrected chi connectivity index (χ2v) is 6.59. The molecule has 0 aliphatic heterocycles. The molecule has 0 radical (unpaired) electrons. The van der Waals surface area contributed by atoms with Gasteiger partial charge in [0, 0.05) is 24.7 Å². The van der Waals surface area contributed by atoms with Crippen molar-refractivity contribution in [3.05, 3.63) is 74.2 Å². The molecule has 0 saturated carbocycles. The van der Waals surface area contributed by atoms with Crippen molar-refractivity contribution in [2.75, 3.05) is 5.32 Å². The first-order valence-electron chi connectivity index (χ1n) is 9.06. The zero-order valence-electron chi connectivity index (χ0n) is 16.6. The van der Waals surface area contributed by atoms with Gasteiger partial charge in [0.1, 0.15) is 11.8 Å². The van der Waals surface area contributed by atoms with Crippen LogP contribution in [0.1, 0.15) is 24.3 Å². The van der Waals surface area contributed by atoms with Crippen LogP contribution in [0.2, 0.25) is 0 Å². The second kappa shape index (κ2) is 9.01. The maximum Gasteiger partial charge on any atom is 0.276 e. The Labute approximate surface area is 179 Å². The fourth-order valence-electron chi connectivity index (χ4n) is 2.81. The Balaban J connectivity index is 2.09. The SMILES string of the molecule is CC(=O)Nc1ccc([C@H](O)/C(=N/N=C(N)N)c2nc3ccc([N+](=O)[O-])cc3[nH]c2=O)cc1. The largest absolute Gasteiger partial charge is 0.382 e. The number of guanidine groups is 1. The minimum Gasteiger partial charge on any atom is -0.382 e. The molecule has 2 aromatic carbocycles. The molecule has 13 heteroatoms. The first kappa shape index (κ1) is 22.0. The van der Waals surface area contributed by atoms with E-state index in [-0.39, 0.29) is 34.0 Å². The number of aromatic nitrogens is 2. The molecule has 164 valence electrons. The minimum atomic E-state index is -1.46. The lowest BCUT2D eigenvalue weighted by atomic mass is 10.0. The molecule has 13 nitrogen and oxygen atoms in total. The van der Waals surface area contributed by atoms with Crippen molar-refractivity contribution in [3.8, 4) is 0 Å². The van der Waals surface area contributed by atoms with E-state index in [1.807, 2.05) is 0 Å². The summed E-state index contributed by atoms with van der Waals surface area (Å²) >= 11 is 0. The van der Waals surface area contributed by atoms with E-state index in [1.165, 1.54) is 31.2 Å². The van der Waals surface area contributed by atoms with Gasteiger partial charge in [0.2, 0.25) is 11.9 Å². The number of aromatic amines is 1. The maximum absolute atomic E-state index is 12.7. The van der Waals surface area contributed by atoms with E-state index < -0.39 is 22.5 Å². The molecule has 1 atom stereocenters. The van der Waals surface area contributed by atoms with Crippen LogP contribution < -0.4 is 22.3 Å². The first-order chi connectivity index (χ1) is 15.2. The molecule has 3 rings (SSSR count). The number of hydrogen-bond acceptors (Lipinski definition) is 8. The predicted molar refractivity (Wildman–Crippen MR) is 117 cm³/mol. The average Bonchev–Trinajstić information content (AvgIpc) is 2.73. The number of benzene rings is 2. The molecular formula is C19H18N8O5. The van der Waals surface area contributed by atoms with Gasteiger partial charge in [-0.15, -0.1) is 10.2 Å². The van der Waals surface area contributed by atoms with Crippen LogP contribution in [0.25, 0.3) is 11.0 Å². The Morgan fingerprint density at radius 1 is 1.22 bits per heavy atom. The van der Waals surface area contributed by atoms with Gasteiger partial charge < -0.3 is 26.9 Å². The number of fused-ring (bicyclic) bond motifs is 1. The summed E-state index contributed by atoms with van der Waals surface area (Å²) in [5.74, 6) is -0.677. The first-order valence-corrected chi connectivity index (χ1v) is 9.06. The number of carbonyl (C=O) groups excluding carboxylic acids is 1. The van der Waals surface area contributed by atoms with Gasteiger partial charge in [-0.25, -0.2) is 4.98 Å². The number of nitrogens with two attached hydrogens (primary N) is 2. The lowest BCUT2D eigenvalue weighted by Gasteiger charge is -2.14. The molecular weight excluding hydrogens is 420 g/mol. The Bertz CT molecular complexity index is 1310. The summed E-state index contributed by atoms with van der Waals surface area (Å²) in [5, 5.41) is 31.8. The van der Waals surface area contributed by atoms with Gasteiger partial charge in [0.25, 0.3) is 11.2 Å². The van der Waals surface area contributed by atoms with Crippen LogP contribution >= 0.6 is 0 Å². The molecule has 1 aromatic heterocycles. The number of aliphatic hydroxyl groups is 1. The number of nitrogens with zero attached hydrogens (tertiary/aromatic N) is 4. The van der Waals surface area contributed by atoms with Crippen LogP contribution in [-0.4, -0.2) is 37.6 Å². The quantitative estimate of drug-likeness (QED) is 0.158. The van der Waals surface area contributed by atoms with Gasteiger partial charge in [0.05, 0.1) is 16.0 Å². The third-order valence-electron chi connectivity index (χ3n) is 4.21. The van der Waals surface area contributed by atoms with E-state index in [4.69, 9.17) is 11.5 Å². The number of rotatable bonds is 6. The smallest absolute Gasteiger partial charge is 0.276 e. The molecule has 3 aromatic rings. The molecule has 7 N–H and O–H groups in total.